The molecule has 0 saturated carbocycles. The molecule has 7 rings (SSSR count). The minimum absolute atomic E-state index is 0.0178. The number of carbonyl (C=O) groups is 2. The number of aromatic carboxylic acids is 1. The molecule has 11 nitrogen and oxygen atoms in total. The molecule has 0 aliphatic carbocycles. The molecule has 2 aromatic heterocycles. The number of hydrogen-bond donors (Lipinski definition) is 2. The zero-order valence-electron chi connectivity index (χ0n) is 26.8. The first kappa shape index (κ1) is 34.6. The van der Waals surface area contributed by atoms with Gasteiger partial charge in [0.25, 0.3) is 0 Å². The van der Waals surface area contributed by atoms with Crippen molar-refractivity contribution in [3.63, 3.8) is 0 Å². The highest BCUT2D eigenvalue weighted by Crippen LogP contribution is 2.41. The number of rotatable bonds is 11. The lowest BCUT2D eigenvalue weighted by molar-refractivity contribution is -0.605. The van der Waals surface area contributed by atoms with Crippen molar-refractivity contribution in [1.82, 2.24) is 4.90 Å². The van der Waals surface area contributed by atoms with Crippen LogP contribution in [0.2, 0.25) is 10.0 Å². The van der Waals surface area contributed by atoms with Crippen LogP contribution in [-0.2, 0) is 17.7 Å². The van der Waals surface area contributed by atoms with E-state index in [1.165, 1.54) is 43.6 Å². The highest BCUT2D eigenvalue weighted by molar-refractivity contribution is 7.14. The number of pyridine rings is 1. The number of carbonyl (C=O) groups excluding carboxylic acids is 1. The Bertz CT molecular complexity index is 1840. The second-order valence-corrected chi connectivity index (χ2v) is 14.1. The standard InChI is InChI=1S/C35H35Cl2N3O8S/c1-46-30-7-6-21(12-31(30)47-2)25(15-27-28(36)17-39(45)18-29(27)37)26-14-24(49-33(26)34(42)43)16-40(22-4-3-5-23(41)13-22)35(44)48-32-19-38-10-8-20(32)9-11-38/h3-7,12-14,17-18,20,25,32,41H,8-11,15-16,19H2,1-2H3,(H,42,43)/t25-,32-/m0/s1. The number of halogens is 2. The zero-order valence-corrected chi connectivity index (χ0v) is 29.1. The smallest absolute Gasteiger partial charge is 0.414 e. The van der Waals surface area contributed by atoms with Crippen LogP contribution in [0.15, 0.2) is 60.9 Å². The molecule has 0 radical (unpaired) electrons. The lowest BCUT2D eigenvalue weighted by atomic mass is 9.85. The predicted octanol–water partition coefficient (Wildman–Crippen LogP) is 6.72. The average Bonchev–Trinajstić information content (AvgIpc) is 3.51. The van der Waals surface area contributed by atoms with Crippen molar-refractivity contribution in [3.05, 3.63) is 103 Å². The summed E-state index contributed by atoms with van der Waals surface area (Å²) in [6.45, 7) is 2.63. The molecular formula is C35H35Cl2N3O8S. The number of aromatic hydroxyl groups is 1. The van der Waals surface area contributed by atoms with Gasteiger partial charge in [0.2, 0.25) is 0 Å². The largest absolute Gasteiger partial charge is 0.619 e. The van der Waals surface area contributed by atoms with E-state index in [0.29, 0.717) is 50.0 Å². The second-order valence-electron chi connectivity index (χ2n) is 12.1. The molecule has 2 aromatic carbocycles. The lowest BCUT2D eigenvalue weighted by Crippen LogP contribution is -2.53. The minimum atomic E-state index is -1.15. The Labute approximate surface area is 297 Å². The van der Waals surface area contributed by atoms with Gasteiger partial charge in [-0.2, -0.15) is 4.73 Å². The number of carboxylic acid groups (broad SMARTS) is 1. The van der Waals surface area contributed by atoms with Gasteiger partial charge in [0, 0.05) is 29.0 Å². The molecule has 3 aliphatic rings. The van der Waals surface area contributed by atoms with Crippen molar-refractivity contribution in [2.24, 2.45) is 5.92 Å². The van der Waals surface area contributed by atoms with Gasteiger partial charge in [0.05, 0.1) is 26.5 Å². The third-order valence-electron chi connectivity index (χ3n) is 9.18. The summed E-state index contributed by atoms with van der Waals surface area (Å²) in [6.07, 6.45) is 3.61. The van der Waals surface area contributed by atoms with Crippen molar-refractivity contribution >= 4 is 52.3 Å². The van der Waals surface area contributed by atoms with Crippen LogP contribution in [0.3, 0.4) is 0 Å². The van der Waals surface area contributed by atoms with E-state index in [-0.39, 0.29) is 45.7 Å². The molecule has 258 valence electrons. The van der Waals surface area contributed by atoms with Crippen molar-refractivity contribution in [3.8, 4) is 17.2 Å². The van der Waals surface area contributed by atoms with Crippen molar-refractivity contribution < 1.29 is 38.7 Å². The molecule has 3 aliphatic heterocycles. The van der Waals surface area contributed by atoms with E-state index in [2.05, 4.69) is 4.90 Å². The molecule has 2 bridgehead atoms. The summed E-state index contributed by atoms with van der Waals surface area (Å²) in [6, 6.07) is 13.3. The van der Waals surface area contributed by atoms with Gasteiger partial charge >= 0.3 is 12.1 Å². The molecule has 49 heavy (non-hydrogen) atoms. The number of methoxy groups -OCH3 is 2. The molecule has 2 atom stereocenters. The number of amides is 1. The minimum Gasteiger partial charge on any atom is -0.619 e. The fraction of sp³-hybridized carbons (Fsp3) is 0.343. The van der Waals surface area contributed by atoms with Crippen LogP contribution >= 0.6 is 34.5 Å². The van der Waals surface area contributed by atoms with E-state index in [4.69, 9.17) is 37.4 Å². The Kier molecular flexibility index (Phi) is 10.4. The van der Waals surface area contributed by atoms with Crippen LogP contribution in [0.25, 0.3) is 0 Å². The number of aromatic nitrogens is 1. The molecule has 0 unspecified atom stereocenters. The molecule has 0 spiro atoms. The molecule has 4 aromatic rings. The molecule has 3 fully saturated rings. The fourth-order valence-corrected chi connectivity index (χ4v) is 8.33. The Morgan fingerprint density at radius 2 is 1.78 bits per heavy atom. The lowest BCUT2D eigenvalue weighted by Gasteiger charge is -2.44. The van der Waals surface area contributed by atoms with E-state index in [1.54, 1.807) is 36.4 Å². The quantitative estimate of drug-likeness (QED) is 0.127. The summed E-state index contributed by atoms with van der Waals surface area (Å²) in [7, 11) is 3.02. The second kappa shape index (κ2) is 14.7. The summed E-state index contributed by atoms with van der Waals surface area (Å²) in [5.74, 6) is -0.603. The highest BCUT2D eigenvalue weighted by atomic mass is 35.5. The summed E-state index contributed by atoms with van der Waals surface area (Å²) in [5, 5.41) is 33.1. The van der Waals surface area contributed by atoms with Crippen LogP contribution in [-0.4, -0.2) is 67.1 Å². The predicted molar refractivity (Wildman–Crippen MR) is 186 cm³/mol. The first-order valence-corrected chi connectivity index (χ1v) is 17.3. The van der Waals surface area contributed by atoms with Crippen LogP contribution in [0.1, 0.15) is 50.0 Å². The number of ether oxygens (including phenoxy) is 3. The number of nitrogens with zero attached hydrogens (tertiary/aromatic N) is 3. The maximum Gasteiger partial charge on any atom is 0.414 e. The summed E-state index contributed by atoms with van der Waals surface area (Å²) < 4.78 is 17.6. The van der Waals surface area contributed by atoms with Crippen LogP contribution in [0.5, 0.6) is 17.2 Å². The third-order valence-corrected chi connectivity index (χ3v) is 11.0. The Morgan fingerprint density at radius 1 is 1.06 bits per heavy atom. The number of piperidine rings is 3. The van der Waals surface area contributed by atoms with Crippen LogP contribution < -0.4 is 19.1 Å². The van der Waals surface area contributed by atoms with Gasteiger partial charge in [-0.15, -0.1) is 11.3 Å². The molecule has 1 amide bonds. The normalized spacial score (nSPS) is 18.9. The summed E-state index contributed by atoms with van der Waals surface area (Å²) >= 11 is 14.1. The van der Waals surface area contributed by atoms with E-state index in [9.17, 15) is 25.0 Å². The zero-order chi connectivity index (χ0) is 34.8. The van der Waals surface area contributed by atoms with E-state index in [0.717, 1.165) is 37.3 Å². The van der Waals surface area contributed by atoms with Gasteiger partial charge in [-0.05, 0) is 79.7 Å². The number of fused-ring (bicyclic) bond motifs is 3. The van der Waals surface area contributed by atoms with Gasteiger partial charge in [-0.1, -0.05) is 35.3 Å². The molecular weight excluding hydrogens is 693 g/mol. The Balaban J connectivity index is 1.40. The number of anilines is 1. The molecule has 5 heterocycles. The highest BCUT2D eigenvalue weighted by Gasteiger charge is 2.38. The molecule has 2 N–H and O–H groups in total. The Morgan fingerprint density at radius 3 is 2.39 bits per heavy atom. The summed E-state index contributed by atoms with van der Waals surface area (Å²) in [5.41, 5.74) is 2.00. The molecule has 14 heteroatoms. The fourth-order valence-electron chi connectivity index (χ4n) is 6.68. The Hall–Kier alpha value is -4.23. The van der Waals surface area contributed by atoms with Gasteiger partial charge < -0.3 is 29.6 Å². The van der Waals surface area contributed by atoms with Gasteiger partial charge in [0.15, 0.2) is 23.9 Å². The number of thiophene rings is 1. The molecule has 3 saturated heterocycles. The number of hydrogen-bond acceptors (Lipinski definition) is 9. The van der Waals surface area contributed by atoms with E-state index >= 15 is 0 Å². The first-order chi connectivity index (χ1) is 23.5. The maximum absolute atomic E-state index is 13.9. The van der Waals surface area contributed by atoms with E-state index < -0.39 is 18.0 Å². The van der Waals surface area contributed by atoms with Crippen molar-refractivity contribution in [1.29, 1.82) is 0 Å². The third kappa shape index (κ3) is 7.52. The van der Waals surface area contributed by atoms with Crippen molar-refractivity contribution in [2.45, 2.75) is 37.8 Å². The van der Waals surface area contributed by atoms with Crippen LogP contribution in [0.4, 0.5) is 10.5 Å². The maximum atomic E-state index is 13.9. The van der Waals surface area contributed by atoms with Crippen LogP contribution in [0, 0.1) is 11.1 Å². The number of phenols is 1. The van der Waals surface area contributed by atoms with Crippen molar-refractivity contribution in [2.75, 3.05) is 38.8 Å². The number of carboxylic acids is 1. The number of phenolic OH excluding ortho intramolecular Hbond substituents is 1. The number of benzene rings is 2. The first-order valence-electron chi connectivity index (χ1n) is 15.7. The monoisotopic (exact) mass is 727 g/mol. The van der Waals surface area contributed by atoms with Gasteiger partial charge in [-0.25, -0.2) is 9.59 Å². The average molecular weight is 729 g/mol. The van der Waals surface area contributed by atoms with Gasteiger partial charge in [-0.3, -0.25) is 9.80 Å². The summed E-state index contributed by atoms with van der Waals surface area (Å²) in [4.78, 5) is 31.0. The van der Waals surface area contributed by atoms with E-state index in [1.807, 2.05) is 0 Å². The SMILES string of the molecule is COc1ccc([C@H](Cc2c(Cl)c[n+]([O-])cc2Cl)c2cc(CN(C(=O)O[C@H]3CN4CCC3CC4)c3cccc(O)c3)sc2C(=O)O)cc1OC. The topological polar surface area (TPSA) is 136 Å². The van der Waals surface area contributed by atoms with Gasteiger partial charge in [0.1, 0.15) is 26.8 Å².